The molecule has 0 aromatic rings. The predicted molar refractivity (Wildman–Crippen MR) is 23.2 cm³/mol. The van der Waals surface area contributed by atoms with Crippen molar-refractivity contribution in [3.8, 4) is 0 Å². The van der Waals surface area contributed by atoms with Crippen molar-refractivity contribution in [2.45, 2.75) is 5.60 Å². The van der Waals surface area contributed by atoms with Crippen molar-refractivity contribution in [2.75, 3.05) is 0 Å². The van der Waals surface area contributed by atoms with E-state index in [9.17, 15) is 0 Å². The van der Waals surface area contributed by atoms with Gasteiger partial charge >= 0.3 is 52.7 Å². The summed E-state index contributed by atoms with van der Waals surface area (Å²) in [6.07, 6.45) is 0. The topological polar surface area (TPSA) is 74.6 Å². The van der Waals surface area contributed by atoms with Crippen LogP contribution >= 0.6 is 0 Å². The Morgan fingerprint density at radius 2 is 1.29 bits per heavy atom. The van der Waals surface area contributed by atoms with Crippen LogP contribution in [0, 0.1) is 0 Å². The van der Waals surface area contributed by atoms with Gasteiger partial charge in [0, 0.05) is 0 Å². The van der Waals surface area contributed by atoms with Crippen LogP contribution in [0.2, 0.25) is 5.60 Å². The molecule has 0 fully saturated rings. The summed E-state index contributed by atoms with van der Waals surface area (Å²) in [6, 6.07) is 0. The van der Waals surface area contributed by atoms with Gasteiger partial charge in [0.05, 0.1) is 0 Å². The van der Waals surface area contributed by atoms with Crippen molar-refractivity contribution >= 4 is 31.1 Å². The molecule has 0 amide bonds. The monoisotopic (exact) mass is 168 g/mol. The van der Waals surface area contributed by atoms with E-state index in [1.165, 1.54) is 0 Å². The summed E-state index contributed by atoms with van der Waals surface area (Å²) in [5.41, 5.74) is 2.00. The van der Waals surface area contributed by atoms with Crippen LogP contribution in [-0.4, -0.2) is 39.5 Å². The maximum atomic E-state index is 8.82. The molecule has 0 saturated heterocycles. The van der Waals surface area contributed by atoms with E-state index >= 15 is 0 Å². The van der Waals surface area contributed by atoms with Gasteiger partial charge in [-0.3, -0.25) is 0 Å². The van der Waals surface area contributed by atoms with E-state index < -0.39 is 13.4 Å². The summed E-state index contributed by atoms with van der Waals surface area (Å²) in [6.45, 7) is 0. The molecule has 0 rings (SSSR count). The fourth-order valence-corrected chi connectivity index (χ4v) is 0. The Labute approximate surface area is 53.0 Å². The van der Waals surface area contributed by atoms with Gasteiger partial charge < -0.3 is 0 Å². The Morgan fingerprint density at radius 3 is 1.29 bits per heavy atom. The van der Waals surface area contributed by atoms with Gasteiger partial charge in [-0.25, -0.2) is 0 Å². The van der Waals surface area contributed by atoms with E-state index in [4.69, 9.17) is 16.0 Å². The zero-order valence-electron chi connectivity index (χ0n) is 4.12. The summed E-state index contributed by atoms with van der Waals surface area (Å²) < 4.78 is 31.9. The standard InChI is InChI=1S/CH3.Li.H2O4Se/c;;1-5(2,3)4/h1H3;;(H2,1,2,3,4). The molecule has 2 N–H and O–H groups in total. The van der Waals surface area contributed by atoms with E-state index in [0.717, 1.165) is 0 Å². The number of hydrogen-bond acceptors (Lipinski definition) is 2. The first kappa shape index (κ1) is 10.6. The molecule has 0 unspecified atom stereocenters. The molecule has 0 atom stereocenters. The molecule has 6 heteroatoms. The molecule has 0 radical (unpaired) electrons. The zero-order chi connectivity index (χ0) is 6.50. The first-order valence-electron chi connectivity index (χ1n) is 1.70. The van der Waals surface area contributed by atoms with Gasteiger partial charge in [0.1, 0.15) is 0 Å². The molecule has 0 heterocycles. The Bertz CT molecular complexity index is 94.9. The minimum atomic E-state index is -5.25. The quantitative estimate of drug-likeness (QED) is 0.429. The summed E-state index contributed by atoms with van der Waals surface area (Å²) in [4.78, 5) is 0. The van der Waals surface area contributed by atoms with E-state index in [2.05, 4.69) is 0 Å². The van der Waals surface area contributed by atoms with Crippen LogP contribution in [0.4, 0.5) is 0 Å². The first-order valence-corrected chi connectivity index (χ1v) is 4.63. The Balaban J connectivity index is 0. The Kier molecular flexibility index (Phi) is 7.24. The summed E-state index contributed by atoms with van der Waals surface area (Å²) in [7, 11) is 0. The second-order valence-electron chi connectivity index (χ2n) is 0.448. The Morgan fingerprint density at radius 1 is 1.29 bits per heavy atom. The molecular weight excluding hydrogens is 162 g/mol. The number of rotatable bonds is 0. The summed E-state index contributed by atoms with van der Waals surface area (Å²) >= 11 is -3.25. The maximum absolute atomic E-state index is 8.82. The molecular formula is CH5LiO4Se. The van der Waals surface area contributed by atoms with Crippen LogP contribution in [0.15, 0.2) is 0 Å². The van der Waals surface area contributed by atoms with Crippen LogP contribution in [0.5, 0.6) is 0 Å². The molecule has 7 heavy (non-hydrogen) atoms. The van der Waals surface area contributed by atoms with Crippen molar-refractivity contribution in [3.63, 3.8) is 0 Å². The second kappa shape index (κ2) is 4.79. The van der Waals surface area contributed by atoms with Gasteiger partial charge in [-0.1, -0.05) is 0 Å². The van der Waals surface area contributed by atoms with Gasteiger partial charge in [-0.05, 0) is 0 Å². The molecule has 4 nitrogen and oxygen atoms in total. The molecule has 0 bridgehead atoms. The van der Waals surface area contributed by atoms with E-state index in [1.807, 2.05) is 23.3 Å². The average molecular weight is 167 g/mol. The molecule has 0 aromatic carbocycles. The fraction of sp³-hybridized carbons (Fsp3) is 1.00. The Hall–Kier alpha value is 0.637. The molecule has 0 aliphatic rings. The van der Waals surface area contributed by atoms with Crippen LogP contribution in [0.1, 0.15) is 0 Å². The fourth-order valence-electron chi connectivity index (χ4n) is 0. The zero-order valence-corrected chi connectivity index (χ0v) is 5.83. The van der Waals surface area contributed by atoms with E-state index in [1.54, 1.807) is 0 Å². The third-order valence-electron chi connectivity index (χ3n) is 0. The molecule has 0 saturated carbocycles. The SMILES string of the molecule is O=[Se](=O)(O)O.[Li][CH3]. The second-order valence-corrected chi connectivity index (χ2v) is 2.33. The predicted octanol–water partition coefficient (Wildman–Crippen LogP) is -1.53. The van der Waals surface area contributed by atoms with Crippen LogP contribution in [-0.2, 0) is 7.67 Å². The minimum absolute atomic E-state index is 2.00. The van der Waals surface area contributed by atoms with Crippen LogP contribution < -0.4 is 0 Å². The van der Waals surface area contributed by atoms with Gasteiger partial charge in [-0.15, -0.1) is 0 Å². The van der Waals surface area contributed by atoms with Crippen molar-refractivity contribution in [1.29, 1.82) is 0 Å². The van der Waals surface area contributed by atoms with Crippen molar-refractivity contribution in [3.05, 3.63) is 0 Å². The molecule has 0 aromatic heterocycles. The van der Waals surface area contributed by atoms with E-state index in [-0.39, 0.29) is 0 Å². The average Bonchev–Trinajstić information content (AvgIpc) is 1.36. The van der Waals surface area contributed by atoms with Gasteiger partial charge in [0.2, 0.25) is 0 Å². The van der Waals surface area contributed by atoms with Gasteiger partial charge in [-0.2, -0.15) is 0 Å². The molecule has 0 aliphatic carbocycles. The van der Waals surface area contributed by atoms with Gasteiger partial charge in [0.15, 0.2) is 0 Å². The molecule has 0 spiro atoms. The van der Waals surface area contributed by atoms with Crippen LogP contribution in [0.3, 0.4) is 0 Å². The first-order chi connectivity index (χ1) is 3.00. The van der Waals surface area contributed by atoms with E-state index in [0.29, 0.717) is 0 Å². The number of hydrogen-bond donors (Lipinski definition) is 2. The summed E-state index contributed by atoms with van der Waals surface area (Å²) in [5, 5.41) is 0. The summed E-state index contributed by atoms with van der Waals surface area (Å²) in [5.74, 6) is 0. The third-order valence-corrected chi connectivity index (χ3v) is 0. The molecule has 0 aliphatic heterocycles. The van der Waals surface area contributed by atoms with Crippen molar-refractivity contribution < 1.29 is 16.0 Å². The third kappa shape index (κ3) is 352. The normalized spacial score (nSPS) is 9.29. The van der Waals surface area contributed by atoms with Gasteiger partial charge in [0.25, 0.3) is 0 Å². The van der Waals surface area contributed by atoms with Crippen LogP contribution in [0.25, 0.3) is 0 Å². The van der Waals surface area contributed by atoms with Crippen molar-refractivity contribution in [2.24, 2.45) is 0 Å². The van der Waals surface area contributed by atoms with Crippen molar-refractivity contribution in [1.82, 2.24) is 0 Å². The molecule has 40 valence electrons.